The van der Waals surface area contributed by atoms with Crippen molar-refractivity contribution in [1.29, 1.82) is 0 Å². The van der Waals surface area contributed by atoms with Gasteiger partial charge in [-0.15, -0.1) is 0 Å². The number of benzene rings is 1. The molecule has 0 aromatic heterocycles. The van der Waals surface area contributed by atoms with Crippen LogP contribution in [-0.4, -0.2) is 18.0 Å². The Hall–Kier alpha value is -1.02. The SMILES string of the molecule is CC1CCN(C(C)c2ccc(N)cc2)CC1. The van der Waals surface area contributed by atoms with Crippen LogP contribution in [0.1, 0.15) is 38.3 Å². The number of nitrogens with two attached hydrogens (primary N) is 1. The zero-order valence-electron chi connectivity index (χ0n) is 10.3. The molecule has 16 heavy (non-hydrogen) atoms. The van der Waals surface area contributed by atoms with E-state index in [4.69, 9.17) is 5.73 Å². The van der Waals surface area contributed by atoms with Crippen LogP contribution in [0.2, 0.25) is 0 Å². The van der Waals surface area contributed by atoms with E-state index in [-0.39, 0.29) is 0 Å². The van der Waals surface area contributed by atoms with Gasteiger partial charge in [0.15, 0.2) is 0 Å². The number of likely N-dealkylation sites (tertiary alicyclic amines) is 1. The van der Waals surface area contributed by atoms with Gasteiger partial charge in [-0.2, -0.15) is 0 Å². The molecule has 0 spiro atoms. The van der Waals surface area contributed by atoms with Crippen LogP contribution in [0.15, 0.2) is 24.3 Å². The maximum atomic E-state index is 5.71. The lowest BCUT2D eigenvalue weighted by Gasteiger charge is -2.35. The normalized spacial score (nSPS) is 20.9. The summed E-state index contributed by atoms with van der Waals surface area (Å²) in [6, 6.07) is 8.82. The van der Waals surface area contributed by atoms with Gasteiger partial charge in [0, 0.05) is 11.7 Å². The van der Waals surface area contributed by atoms with E-state index < -0.39 is 0 Å². The number of anilines is 1. The monoisotopic (exact) mass is 218 g/mol. The highest BCUT2D eigenvalue weighted by Crippen LogP contribution is 2.26. The maximum absolute atomic E-state index is 5.71. The highest BCUT2D eigenvalue weighted by Gasteiger charge is 2.20. The summed E-state index contributed by atoms with van der Waals surface area (Å²) in [7, 11) is 0. The third-order valence-electron chi connectivity index (χ3n) is 3.78. The van der Waals surface area contributed by atoms with E-state index in [9.17, 15) is 0 Å². The van der Waals surface area contributed by atoms with E-state index in [1.165, 1.54) is 31.5 Å². The minimum Gasteiger partial charge on any atom is -0.399 e. The summed E-state index contributed by atoms with van der Waals surface area (Å²) in [4.78, 5) is 2.57. The highest BCUT2D eigenvalue weighted by atomic mass is 15.2. The van der Waals surface area contributed by atoms with Crippen molar-refractivity contribution in [3.63, 3.8) is 0 Å². The molecule has 2 heteroatoms. The maximum Gasteiger partial charge on any atom is 0.0319 e. The third-order valence-corrected chi connectivity index (χ3v) is 3.78. The smallest absolute Gasteiger partial charge is 0.0319 e. The minimum absolute atomic E-state index is 0.521. The van der Waals surface area contributed by atoms with Gasteiger partial charge in [0.2, 0.25) is 0 Å². The summed E-state index contributed by atoms with van der Waals surface area (Å²) in [6.45, 7) is 7.10. The topological polar surface area (TPSA) is 29.3 Å². The van der Waals surface area contributed by atoms with Gasteiger partial charge in [-0.05, 0) is 56.5 Å². The van der Waals surface area contributed by atoms with E-state index in [1.807, 2.05) is 12.1 Å². The molecule has 2 rings (SSSR count). The van der Waals surface area contributed by atoms with Gasteiger partial charge in [-0.3, -0.25) is 4.90 Å². The van der Waals surface area contributed by atoms with Crippen molar-refractivity contribution in [3.8, 4) is 0 Å². The molecule has 1 heterocycles. The summed E-state index contributed by atoms with van der Waals surface area (Å²) < 4.78 is 0. The molecule has 0 bridgehead atoms. The standard InChI is InChI=1S/C14H22N2/c1-11-7-9-16(10-8-11)12(2)13-3-5-14(15)6-4-13/h3-6,11-12H,7-10,15H2,1-2H3. The molecule has 88 valence electrons. The van der Waals surface area contributed by atoms with Crippen LogP contribution < -0.4 is 5.73 Å². The Morgan fingerprint density at radius 3 is 2.31 bits per heavy atom. The molecule has 0 aliphatic carbocycles. The first-order valence-electron chi connectivity index (χ1n) is 6.26. The Balaban J connectivity index is 2.01. The van der Waals surface area contributed by atoms with Crippen LogP contribution >= 0.6 is 0 Å². The summed E-state index contributed by atoms with van der Waals surface area (Å²) in [5, 5.41) is 0. The van der Waals surface area contributed by atoms with E-state index >= 15 is 0 Å². The van der Waals surface area contributed by atoms with Crippen LogP contribution in [0.5, 0.6) is 0 Å². The first kappa shape index (κ1) is 11.5. The molecule has 1 saturated heterocycles. The lowest BCUT2D eigenvalue weighted by Crippen LogP contribution is -2.34. The summed E-state index contributed by atoms with van der Waals surface area (Å²) in [5.74, 6) is 0.898. The fourth-order valence-corrected chi connectivity index (χ4v) is 2.40. The molecule has 1 unspecified atom stereocenters. The molecule has 2 N–H and O–H groups in total. The second kappa shape index (κ2) is 4.88. The molecule has 1 aromatic rings. The summed E-state index contributed by atoms with van der Waals surface area (Å²) >= 11 is 0. The molecule has 2 nitrogen and oxygen atoms in total. The van der Waals surface area contributed by atoms with Crippen molar-refractivity contribution in [1.82, 2.24) is 4.90 Å². The predicted molar refractivity (Wildman–Crippen MR) is 69.2 cm³/mol. The van der Waals surface area contributed by atoms with Crippen molar-refractivity contribution in [2.45, 2.75) is 32.7 Å². The Labute approximate surface area is 98.4 Å². The molecule has 0 radical (unpaired) electrons. The predicted octanol–water partition coefficient (Wildman–Crippen LogP) is 3.06. The molecule has 0 saturated carbocycles. The first-order chi connectivity index (χ1) is 7.66. The molecule has 1 atom stereocenters. The largest absolute Gasteiger partial charge is 0.399 e. The molecule has 0 amide bonds. The first-order valence-corrected chi connectivity index (χ1v) is 6.26. The van der Waals surface area contributed by atoms with E-state index in [0.29, 0.717) is 6.04 Å². The fourth-order valence-electron chi connectivity index (χ4n) is 2.40. The quantitative estimate of drug-likeness (QED) is 0.773. The summed E-state index contributed by atoms with van der Waals surface area (Å²) in [5.41, 5.74) is 7.94. The van der Waals surface area contributed by atoms with Gasteiger partial charge in [0.1, 0.15) is 0 Å². The van der Waals surface area contributed by atoms with Crippen LogP contribution in [0, 0.1) is 5.92 Å². The number of hydrogen-bond donors (Lipinski definition) is 1. The van der Waals surface area contributed by atoms with Crippen LogP contribution in [0.4, 0.5) is 5.69 Å². The molecule has 1 aliphatic heterocycles. The lowest BCUT2D eigenvalue weighted by atomic mass is 9.96. The Bertz CT molecular complexity index is 323. The second-order valence-electron chi connectivity index (χ2n) is 5.06. The average Bonchev–Trinajstić information content (AvgIpc) is 2.30. The number of hydrogen-bond acceptors (Lipinski definition) is 2. The Morgan fingerprint density at radius 2 is 1.75 bits per heavy atom. The molecule has 1 aliphatic rings. The minimum atomic E-state index is 0.521. The van der Waals surface area contributed by atoms with Gasteiger partial charge < -0.3 is 5.73 Å². The van der Waals surface area contributed by atoms with E-state index in [2.05, 4.69) is 30.9 Å². The van der Waals surface area contributed by atoms with Crippen LogP contribution in [0.3, 0.4) is 0 Å². The zero-order valence-corrected chi connectivity index (χ0v) is 10.3. The van der Waals surface area contributed by atoms with Crippen molar-refractivity contribution in [3.05, 3.63) is 29.8 Å². The number of nitrogens with zero attached hydrogens (tertiary/aromatic N) is 1. The van der Waals surface area contributed by atoms with Gasteiger partial charge in [0.05, 0.1) is 0 Å². The fraction of sp³-hybridized carbons (Fsp3) is 0.571. The van der Waals surface area contributed by atoms with Crippen LogP contribution in [-0.2, 0) is 0 Å². The van der Waals surface area contributed by atoms with E-state index in [1.54, 1.807) is 0 Å². The van der Waals surface area contributed by atoms with Crippen LogP contribution in [0.25, 0.3) is 0 Å². The Morgan fingerprint density at radius 1 is 1.19 bits per heavy atom. The summed E-state index contributed by atoms with van der Waals surface area (Å²) in [6.07, 6.45) is 2.67. The van der Waals surface area contributed by atoms with Gasteiger partial charge in [0.25, 0.3) is 0 Å². The van der Waals surface area contributed by atoms with Crippen molar-refractivity contribution in [2.75, 3.05) is 18.8 Å². The zero-order chi connectivity index (χ0) is 11.5. The number of nitrogen functional groups attached to an aromatic ring is 1. The molecular weight excluding hydrogens is 196 g/mol. The number of rotatable bonds is 2. The number of piperidine rings is 1. The second-order valence-corrected chi connectivity index (χ2v) is 5.06. The average molecular weight is 218 g/mol. The highest BCUT2D eigenvalue weighted by molar-refractivity contribution is 5.40. The van der Waals surface area contributed by atoms with Gasteiger partial charge in [-0.1, -0.05) is 19.1 Å². The molecule has 1 fully saturated rings. The van der Waals surface area contributed by atoms with Crippen molar-refractivity contribution < 1.29 is 0 Å². The molecule has 1 aromatic carbocycles. The third kappa shape index (κ3) is 2.56. The molecular formula is C14H22N2. The lowest BCUT2D eigenvalue weighted by molar-refractivity contribution is 0.147. The van der Waals surface area contributed by atoms with Crippen molar-refractivity contribution in [2.24, 2.45) is 5.92 Å². The van der Waals surface area contributed by atoms with Gasteiger partial charge in [-0.25, -0.2) is 0 Å². The Kier molecular flexibility index (Phi) is 3.49. The van der Waals surface area contributed by atoms with Gasteiger partial charge >= 0.3 is 0 Å². The van der Waals surface area contributed by atoms with Crippen molar-refractivity contribution >= 4 is 5.69 Å². The van der Waals surface area contributed by atoms with E-state index in [0.717, 1.165) is 11.6 Å².